The molecule has 2 aromatic carbocycles. The van der Waals surface area contributed by atoms with Gasteiger partial charge in [-0.1, -0.05) is 35.9 Å². The third-order valence-corrected chi connectivity index (χ3v) is 7.11. The highest BCUT2D eigenvalue weighted by atomic mass is 16.5. The van der Waals surface area contributed by atoms with Gasteiger partial charge in [0.15, 0.2) is 11.0 Å². The number of aryl methyl sites for hydroxylation is 1. The molecule has 0 aliphatic carbocycles. The Bertz CT molecular complexity index is 1430. The van der Waals surface area contributed by atoms with Gasteiger partial charge >= 0.3 is 0 Å². The second-order valence-corrected chi connectivity index (χ2v) is 9.12. The smallest absolute Gasteiger partial charge is 0.291 e. The van der Waals surface area contributed by atoms with E-state index in [1.807, 2.05) is 37.3 Å². The van der Waals surface area contributed by atoms with E-state index in [1.54, 1.807) is 23.1 Å². The third kappa shape index (κ3) is 2.58. The number of ether oxygens (including phenoxy) is 1. The molecule has 6 rings (SSSR count). The summed E-state index contributed by atoms with van der Waals surface area (Å²) in [5.41, 5.74) is 0.625. The topological polar surface area (TPSA) is 80.1 Å². The van der Waals surface area contributed by atoms with Gasteiger partial charge in [-0.2, -0.15) is 0 Å². The van der Waals surface area contributed by atoms with E-state index >= 15 is 0 Å². The van der Waals surface area contributed by atoms with Crippen molar-refractivity contribution in [3.63, 3.8) is 0 Å². The van der Waals surface area contributed by atoms with Crippen molar-refractivity contribution < 1.29 is 18.7 Å². The summed E-state index contributed by atoms with van der Waals surface area (Å²) in [5, 5.41) is 0.359. The van der Waals surface area contributed by atoms with Gasteiger partial charge in [-0.25, -0.2) is 0 Å². The molecule has 1 spiro atoms. The lowest BCUT2D eigenvalue weighted by Crippen LogP contribution is -2.55. The molecular formula is C27H24N2O5. The van der Waals surface area contributed by atoms with Crippen LogP contribution in [-0.4, -0.2) is 42.5 Å². The number of anilines is 1. The van der Waals surface area contributed by atoms with Crippen LogP contribution in [0.1, 0.15) is 40.1 Å². The Balaban J connectivity index is 1.70. The van der Waals surface area contributed by atoms with Crippen molar-refractivity contribution in [2.75, 3.05) is 24.6 Å². The van der Waals surface area contributed by atoms with Gasteiger partial charge in [-0.05, 0) is 38.0 Å². The molecule has 4 heterocycles. The summed E-state index contributed by atoms with van der Waals surface area (Å²) in [4.78, 5) is 45.3. The number of para-hydroxylation sites is 1. The summed E-state index contributed by atoms with van der Waals surface area (Å²) in [6, 6.07) is 12.6. The van der Waals surface area contributed by atoms with E-state index in [0.717, 1.165) is 18.4 Å². The van der Waals surface area contributed by atoms with Crippen LogP contribution in [0.5, 0.6) is 0 Å². The minimum absolute atomic E-state index is 0.0667. The summed E-state index contributed by atoms with van der Waals surface area (Å²) >= 11 is 0. The molecule has 7 heteroatoms. The molecule has 0 bridgehead atoms. The Morgan fingerprint density at radius 1 is 1.18 bits per heavy atom. The van der Waals surface area contributed by atoms with Gasteiger partial charge in [0, 0.05) is 25.3 Å². The van der Waals surface area contributed by atoms with E-state index in [0.29, 0.717) is 28.8 Å². The average Bonchev–Trinajstić information content (AvgIpc) is 3.50. The zero-order valence-electron chi connectivity index (χ0n) is 18.9. The van der Waals surface area contributed by atoms with E-state index in [-0.39, 0.29) is 41.9 Å². The Hall–Kier alpha value is -3.71. The summed E-state index contributed by atoms with van der Waals surface area (Å²) < 4.78 is 11.9. The fourth-order valence-electron chi connectivity index (χ4n) is 5.66. The fraction of sp³-hybridized carbons (Fsp3) is 0.296. The van der Waals surface area contributed by atoms with E-state index in [9.17, 15) is 14.4 Å². The molecule has 3 aliphatic heterocycles. The number of carbonyl (C=O) groups is 2. The van der Waals surface area contributed by atoms with Crippen LogP contribution in [0.3, 0.4) is 0 Å². The van der Waals surface area contributed by atoms with Crippen LogP contribution in [0.25, 0.3) is 11.0 Å². The molecule has 0 N–H and O–H groups in total. The first-order chi connectivity index (χ1) is 16.5. The summed E-state index contributed by atoms with van der Waals surface area (Å²) in [6.45, 7) is 6.75. The predicted octanol–water partition coefficient (Wildman–Crippen LogP) is 3.51. The first kappa shape index (κ1) is 20.9. The fourth-order valence-corrected chi connectivity index (χ4v) is 5.66. The molecular weight excluding hydrogens is 432 g/mol. The predicted molar refractivity (Wildman–Crippen MR) is 127 cm³/mol. The Morgan fingerprint density at radius 2 is 2.00 bits per heavy atom. The standard InChI is InChI=1S/C27H24N2O5/c1-3-12-28-20-9-5-4-8-19(20)27(26(28)32)22-23(30)18-14-16(2)10-11-21(18)34-24(22)25(31)29(27)15-17-7-6-13-33-17/h3-5,8-11,14,17H,1,6-7,12-13,15H2,2H3/t17-,27+/m1/s1. The van der Waals surface area contributed by atoms with Gasteiger partial charge in [-0.3, -0.25) is 14.4 Å². The molecule has 7 nitrogen and oxygen atoms in total. The maximum absolute atomic E-state index is 14.3. The summed E-state index contributed by atoms with van der Waals surface area (Å²) in [5.74, 6) is -0.880. The van der Waals surface area contributed by atoms with Gasteiger partial charge in [0.05, 0.1) is 22.7 Å². The molecule has 3 aromatic rings. The number of benzene rings is 2. The van der Waals surface area contributed by atoms with Crippen LogP contribution in [0.2, 0.25) is 0 Å². The lowest BCUT2D eigenvalue weighted by molar-refractivity contribution is -0.126. The quantitative estimate of drug-likeness (QED) is 0.562. The maximum atomic E-state index is 14.3. The number of hydrogen-bond acceptors (Lipinski definition) is 5. The van der Waals surface area contributed by atoms with Crippen LogP contribution in [0.4, 0.5) is 5.69 Å². The van der Waals surface area contributed by atoms with Crippen molar-refractivity contribution in [1.82, 2.24) is 4.90 Å². The van der Waals surface area contributed by atoms with Crippen molar-refractivity contribution in [3.8, 4) is 0 Å². The number of amides is 2. The highest BCUT2D eigenvalue weighted by Gasteiger charge is 2.65. The molecule has 0 unspecified atom stereocenters. The lowest BCUT2D eigenvalue weighted by atomic mass is 9.83. The molecule has 2 amide bonds. The van der Waals surface area contributed by atoms with Crippen molar-refractivity contribution in [2.24, 2.45) is 0 Å². The molecule has 3 aliphatic rings. The Morgan fingerprint density at radius 3 is 2.76 bits per heavy atom. The number of rotatable bonds is 4. The molecule has 34 heavy (non-hydrogen) atoms. The highest BCUT2D eigenvalue weighted by Crippen LogP contribution is 2.52. The second-order valence-electron chi connectivity index (χ2n) is 9.12. The average molecular weight is 456 g/mol. The highest BCUT2D eigenvalue weighted by molar-refractivity contribution is 6.17. The minimum atomic E-state index is -1.60. The van der Waals surface area contributed by atoms with Crippen molar-refractivity contribution in [3.05, 3.63) is 87.8 Å². The van der Waals surface area contributed by atoms with E-state index < -0.39 is 11.4 Å². The number of fused-ring (bicyclic) bond motifs is 5. The molecule has 0 radical (unpaired) electrons. The van der Waals surface area contributed by atoms with Gasteiger partial charge in [0.1, 0.15) is 5.58 Å². The Labute approximate surface area is 196 Å². The van der Waals surface area contributed by atoms with Crippen LogP contribution in [0, 0.1) is 6.92 Å². The largest absolute Gasteiger partial charge is 0.450 e. The molecule has 1 saturated heterocycles. The van der Waals surface area contributed by atoms with Crippen LogP contribution in [0.15, 0.2) is 64.3 Å². The Kier molecular flexibility index (Phi) is 4.54. The number of hydrogen-bond donors (Lipinski definition) is 0. The maximum Gasteiger partial charge on any atom is 0.291 e. The van der Waals surface area contributed by atoms with Crippen molar-refractivity contribution in [2.45, 2.75) is 31.4 Å². The van der Waals surface area contributed by atoms with Gasteiger partial charge in [0.2, 0.25) is 5.76 Å². The number of carbonyl (C=O) groups excluding carboxylic acids is 2. The molecule has 1 fully saturated rings. The van der Waals surface area contributed by atoms with Crippen LogP contribution < -0.4 is 10.3 Å². The van der Waals surface area contributed by atoms with Crippen LogP contribution >= 0.6 is 0 Å². The van der Waals surface area contributed by atoms with Gasteiger partial charge in [0.25, 0.3) is 11.8 Å². The third-order valence-electron chi connectivity index (χ3n) is 7.11. The zero-order valence-corrected chi connectivity index (χ0v) is 18.9. The normalized spacial score (nSPS) is 23.3. The monoisotopic (exact) mass is 456 g/mol. The van der Waals surface area contributed by atoms with E-state index in [2.05, 4.69) is 6.58 Å². The summed E-state index contributed by atoms with van der Waals surface area (Å²) in [7, 11) is 0. The summed E-state index contributed by atoms with van der Waals surface area (Å²) in [6.07, 6.45) is 3.10. The minimum Gasteiger partial charge on any atom is -0.450 e. The zero-order chi connectivity index (χ0) is 23.6. The van der Waals surface area contributed by atoms with Crippen LogP contribution in [-0.2, 0) is 15.1 Å². The van der Waals surface area contributed by atoms with E-state index in [1.165, 1.54) is 4.90 Å². The first-order valence-electron chi connectivity index (χ1n) is 11.5. The van der Waals surface area contributed by atoms with Gasteiger partial charge < -0.3 is 19.0 Å². The second kappa shape index (κ2) is 7.40. The molecule has 2 atom stereocenters. The molecule has 1 aromatic heterocycles. The van der Waals surface area contributed by atoms with Crippen molar-refractivity contribution in [1.29, 1.82) is 0 Å². The van der Waals surface area contributed by atoms with Gasteiger partial charge in [-0.15, -0.1) is 6.58 Å². The lowest BCUT2D eigenvalue weighted by Gasteiger charge is -2.35. The number of nitrogens with zero attached hydrogens (tertiary/aromatic N) is 2. The van der Waals surface area contributed by atoms with Crippen molar-refractivity contribution >= 4 is 28.5 Å². The SMILES string of the molecule is C=CCN1C(=O)[C@]2(c3ccccc31)c1c(oc3ccc(C)cc3c1=O)C(=O)N2C[C@H]1CCCO1. The van der Waals surface area contributed by atoms with E-state index in [4.69, 9.17) is 9.15 Å². The molecule has 172 valence electrons. The first-order valence-corrected chi connectivity index (χ1v) is 11.5. The molecule has 0 saturated carbocycles.